The Balaban J connectivity index is 1.84. The van der Waals surface area contributed by atoms with E-state index in [9.17, 15) is 0 Å². The molecule has 0 spiro atoms. The third-order valence-corrected chi connectivity index (χ3v) is 4.57. The molecule has 0 bridgehead atoms. The van der Waals surface area contributed by atoms with Gasteiger partial charge in [0.2, 0.25) is 0 Å². The molecule has 2 aromatic rings. The van der Waals surface area contributed by atoms with E-state index < -0.39 is 0 Å². The molecule has 0 aliphatic carbocycles. The Morgan fingerprint density at radius 2 is 2.11 bits per heavy atom. The summed E-state index contributed by atoms with van der Waals surface area (Å²) in [6, 6.07) is 9.14. The summed E-state index contributed by atoms with van der Waals surface area (Å²) in [5, 5.41) is 5.01. The van der Waals surface area contributed by atoms with E-state index in [1.165, 1.54) is 29.3 Å². The zero-order valence-corrected chi connectivity index (χ0v) is 10.4. The number of ether oxygens (including phenoxy) is 1. The van der Waals surface area contributed by atoms with Crippen molar-refractivity contribution >= 4 is 10.9 Å². The first-order chi connectivity index (χ1) is 8.90. The lowest BCUT2D eigenvalue weighted by molar-refractivity contribution is -0.0753. The number of H-pyrrole nitrogens is 1. The lowest BCUT2D eigenvalue weighted by Crippen LogP contribution is -2.58. The normalized spacial score (nSPS) is 26.3. The smallest absolute Gasteiger partial charge is 0.0601 e. The highest BCUT2D eigenvalue weighted by atomic mass is 16.5. The van der Waals surface area contributed by atoms with Crippen LogP contribution >= 0.6 is 0 Å². The summed E-state index contributed by atoms with van der Waals surface area (Å²) in [4.78, 5) is 3.40. The Labute approximate surface area is 107 Å². The molecule has 94 valence electrons. The van der Waals surface area contributed by atoms with Crippen molar-refractivity contribution in [3.63, 3.8) is 0 Å². The van der Waals surface area contributed by atoms with E-state index in [0.717, 1.165) is 19.8 Å². The van der Waals surface area contributed by atoms with Gasteiger partial charge in [-0.15, -0.1) is 0 Å². The molecule has 3 nitrogen and oxygen atoms in total. The van der Waals surface area contributed by atoms with Crippen LogP contribution in [0, 0.1) is 0 Å². The van der Waals surface area contributed by atoms with E-state index in [1.54, 1.807) is 0 Å². The van der Waals surface area contributed by atoms with Crippen LogP contribution < -0.4 is 5.32 Å². The summed E-state index contributed by atoms with van der Waals surface area (Å²) in [6.07, 6.45) is 4.74. The van der Waals surface area contributed by atoms with Gasteiger partial charge in [-0.1, -0.05) is 18.2 Å². The van der Waals surface area contributed by atoms with Crippen molar-refractivity contribution in [2.75, 3.05) is 19.8 Å². The van der Waals surface area contributed by atoms with Gasteiger partial charge >= 0.3 is 0 Å². The number of nitrogens with one attached hydrogen (secondary N) is 2. The molecular weight excluding hydrogens is 224 g/mol. The van der Waals surface area contributed by atoms with Gasteiger partial charge in [-0.25, -0.2) is 0 Å². The van der Waals surface area contributed by atoms with Crippen molar-refractivity contribution in [1.82, 2.24) is 10.3 Å². The average Bonchev–Trinajstić information content (AvgIpc) is 2.98. The fourth-order valence-corrected chi connectivity index (χ4v) is 3.51. The highest BCUT2D eigenvalue weighted by Gasteiger charge is 2.49. The van der Waals surface area contributed by atoms with Crippen molar-refractivity contribution < 1.29 is 4.74 Å². The first-order valence-corrected chi connectivity index (χ1v) is 6.78. The summed E-state index contributed by atoms with van der Waals surface area (Å²) >= 11 is 0. The third-order valence-electron chi connectivity index (χ3n) is 4.57. The van der Waals surface area contributed by atoms with Crippen molar-refractivity contribution in [1.29, 1.82) is 0 Å². The van der Waals surface area contributed by atoms with Crippen LogP contribution in [0.4, 0.5) is 0 Å². The largest absolute Gasteiger partial charge is 0.379 e. The number of aromatic nitrogens is 1. The van der Waals surface area contributed by atoms with E-state index in [-0.39, 0.29) is 5.41 Å². The van der Waals surface area contributed by atoms with Gasteiger partial charge in [-0.2, -0.15) is 0 Å². The zero-order chi connectivity index (χ0) is 12.0. The van der Waals surface area contributed by atoms with Gasteiger partial charge in [0.1, 0.15) is 0 Å². The van der Waals surface area contributed by atoms with Gasteiger partial charge < -0.3 is 15.0 Å². The van der Waals surface area contributed by atoms with Gasteiger partial charge in [-0.05, 0) is 31.0 Å². The van der Waals surface area contributed by atoms with Gasteiger partial charge in [0.15, 0.2) is 0 Å². The van der Waals surface area contributed by atoms with E-state index in [2.05, 4.69) is 40.8 Å². The number of rotatable bonds is 2. The molecule has 3 heteroatoms. The van der Waals surface area contributed by atoms with Crippen LogP contribution in [-0.2, 0) is 10.2 Å². The zero-order valence-electron chi connectivity index (χ0n) is 10.4. The number of benzene rings is 1. The number of fused-ring (bicyclic) bond motifs is 1. The van der Waals surface area contributed by atoms with Crippen LogP contribution in [0.15, 0.2) is 30.5 Å². The fourth-order valence-electron chi connectivity index (χ4n) is 3.51. The molecule has 2 aliphatic rings. The van der Waals surface area contributed by atoms with Crippen molar-refractivity contribution in [2.45, 2.75) is 24.3 Å². The summed E-state index contributed by atoms with van der Waals surface area (Å²) in [5.74, 6) is 0. The second kappa shape index (κ2) is 3.84. The highest BCUT2D eigenvalue weighted by Crippen LogP contribution is 2.42. The van der Waals surface area contributed by atoms with Gasteiger partial charge in [0.05, 0.1) is 18.6 Å². The first-order valence-electron chi connectivity index (χ1n) is 6.78. The minimum absolute atomic E-state index is 0.191. The Morgan fingerprint density at radius 1 is 1.22 bits per heavy atom. The van der Waals surface area contributed by atoms with E-state index in [4.69, 9.17) is 4.74 Å². The Morgan fingerprint density at radius 3 is 2.83 bits per heavy atom. The maximum absolute atomic E-state index is 5.57. The van der Waals surface area contributed by atoms with Crippen LogP contribution in [0.5, 0.6) is 0 Å². The Bertz CT molecular complexity index is 565. The highest BCUT2D eigenvalue weighted by molar-refractivity contribution is 5.84. The van der Waals surface area contributed by atoms with Crippen LogP contribution in [0.25, 0.3) is 10.9 Å². The SMILES string of the molecule is c1ccc2c(C3(C4CCCN4)COC3)c[nH]c2c1. The standard InChI is InChI=1S/C15H18N2O/c1-2-5-13-11(4-1)12(8-17-13)15(9-18-10-15)14-6-3-7-16-14/h1-2,4-5,8,14,16-17H,3,6-7,9-10H2. The van der Waals surface area contributed by atoms with Crippen LogP contribution in [0.3, 0.4) is 0 Å². The van der Waals surface area contributed by atoms with E-state index in [1.807, 2.05) is 0 Å². The summed E-state index contributed by atoms with van der Waals surface area (Å²) < 4.78 is 5.57. The summed E-state index contributed by atoms with van der Waals surface area (Å²) in [6.45, 7) is 2.85. The molecule has 2 saturated heterocycles. The number of aromatic amines is 1. The minimum atomic E-state index is 0.191. The second-order valence-electron chi connectivity index (χ2n) is 5.55. The molecule has 1 unspecified atom stereocenters. The lowest BCUT2D eigenvalue weighted by Gasteiger charge is -2.46. The monoisotopic (exact) mass is 242 g/mol. The van der Waals surface area contributed by atoms with Crippen molar-refractivity contribution in [2.24, 2.45) is 0 Å². The van der Waals surface area contributed by atoms with E-state index >= 15 is 0 Å². The van der Waals surface area contributed by atoms with E-state index in [0.29, 0.717) is 6.04 Å². The maximum Gasteiger partial charge on any atom is 0.0601 e. The Kier molecular flexibility index (Phi) is 2.26. The number of hydrogen-bond donors (Lipinski definition) is 2. The molecule has 2 N–H and O–H groups in total. The molecule has 1 aromatic heterocycles. The van der Waals surface area contributed by atoms with Gasteiger partial charge in [-0.3, -0.25) is 0 Å². The molecule has 1 aromatic carbocycles. The number of para-hydroxylation sites is 1. The third kappa shape index (κ3) is 1.32. The van der Waals surface area contributed by atoms with Gasteiger partial charge in [0, 0.05) is 23.1 Å². The van der Waals surface area contributed by atoms with Gasteiger partial charge in [0.25, 0.3) is 0 Å². The molecule has 0 amide bonds. The van der Waals surface area contributed by atoms with Crippen molar-refractivity contribution in [3.8, 4) is 0 Å². The molecular formula is C15H18N2O. The van der Waals surface area contributed by atoms with Crippen LogP contribution in [-0.4, -0.2) is 30.8 Å². The molecule has 0 saturated carbocycles. The minimum Gasteiger partial charge on any atom is -0.379 e. The quantitative estimate of drug-likeness (QED) is 0.847. The molecule has 2 aliphatic heterocycles. The lowest BCUT2D eigenvalue weighted by atomic mass is 9.72. The molecule has 18 heavy (non-hydrogen) atoms. The molecule has 1 atom stereocenters. The Hall–Kier alpha value is -1.32. The number of hydrogen-bond acceptors (Lipinski definition) is 2. The molecule has 2 fully saturated rings. The predicted octanol–water partition coefficient (Wildman–Crippen LogP) is 2.19. The fraction of sp³-hybridized carbons (Fsp3) is 0.467. The molecule has 4 rings (SSSR count). The van der Waals surface area contributed by atoms with Crippen molar-refractivity contribution in [3.05, 3.63) is 36.0 Å². The summed E-state index contributed by atoms with van der Waals surface area (Å²) in [5.41, 5.74) is 2.86. The first kappa shape index (κ1) is 10.6. The molecule has 0 radical (unpaired) electrons. The topological polar surface area (TPSA) is 37.0 Å². The second-order valence-corrected chi connectivity index (χ2v) is 5.55. The maximum atomic E-state index is 5.57. The van der Waals surface area contributed by atoms with Crippen LogP contribution in [0.2, 0.25) is 0 Å². The predicted molar refractivity (Wildman–Crippen MR) is 71.8 cm³/mol. The molecule has 3 heterocycles. The average molecular weight is 242 g/mol. The van der Waals surface area contributed by atoms with Crippen LogP contribution in [0.1, 0.15) is 18.4 Å². The summed E-state index contributed by atoms with van der Waals surface area (Å²) in [7, 11) is 0.